The van der Waals surface area contributed by atoms with Crippen LogP contribution in [0.5, 0.6) is 0 Å². The van der Waals surface area contributed by atoms with Crippen LogP contribution in [0.2, 0.25) is 0 Å². The second kappa shape index (κ2) is 3.53. The fraction of sp³-hybridized carbons (Fsp3) is 1.00. The molecule has 0 amide bonds. The molecule has 0 fully saturated rings. The summed E-state index contributed by atoms with van der Waals surface area (Å²) in [7, 11) is 0. The van der Waals surface area contributed by atoms with Crippen molar-refractivity contribution in [1.82, 2.24) is 5.32 Å². The Bertz CT molecular complexity index is 153. The summed E-state index contributed by atoms with van der Waals surface area (Å²) in [6.07, 6.45) is 0. The molecule has 0 saturated heterocycles. The standard InChI is InChI=1S/C8H16Cl3N/c1-6(2,3)12-7(4,5)8(9,10)11/h12H,1-5H3. The van der Waals surface area contributed by atoms with Gasteiger partial charge in [0.05, 0.1) is 5.54 Å². The highest BCUT2D eigenvalue weighted by atomic mass is 35.6. The van der Waals surface area contributed by atoms with Crippen molar-refractivity contribution in [3.05, 3.63) is 0 Å². The van der Waals surface area contributed by atoms with E-state index in [2.05, 4.69) is 5.32 Å². The van der Waals surface area contributed by atoms with Crippen LogP contribution >= 0.6 is 34.8 Å². The van der Waals surface area contributed by atoms with Crippen LogP contribution in [-0.4, -0.2) is 14.9 Å². The summed E-state index contributed by atoms with van der Waals surface area (Å²) in [5.74, 6) is 0. The Morgan fingerprint density at radius 1 is 0.833 bits per heavy atom. The maximum atomic E-state index is 5.80. The summed E-state index contributed by atoms with van der Waals surface area (Å²) < 4.78 is -1.29. The highest BCUT2D eigenvalue weighted by Gasteiger charge is 2.42. The van der Waals surface area contributed by atoms with Crippen LogP contribution in [0.25, 0.3) is 0 Å². The van der Waals surface area contributed by atoms with Gasteiger partial charge >= 0.3 is 0 Å². The van der Waals surface area contributed by atoms with E-state index >= 15 is 0 Å². The van der Waals surface area contributed by atoms with Gasteiger partial charge in [0.15, 0.2) is 0 Å². The van der Waals surface area contributed by atoms with Gasteiger partial charge in [-0.15, -0.1) is 0 Å². The fourth-order valence-electron chi connectivity index (χ4n) is 1.01. The molecule has 0 bridgehead atoms. The molecule has 0 aliphatic carbocycles. The van der Waals surface area contributed by atoms with Gasteiger partial charge < -0.3 is 5.32 Å². The highest BCUT2D eigenvalue weighted by Crippen LogP contribution is 2.38. The summed E-state index contributed by atoms with van der Waals surface area (Å²) in [6.45, 7) is 9.83. The van der Waals surface area contributed by atoms with Crippen molar-refractivity contribution in [2.75, 3.05) is 0 Å². The van der Waals surface area contributed by atoms with Crippen molar-refractivity contribution in [3.8, 4) is 0 Å². The molecule has 1 nitrogen and oxygen atoms in total. The van der Waals surface area contributed by atoms with Gasteiger partial charge in [0.25, 0.3) is 0 Å². The summed E-state index contributed by atoms with van der Waals surface area (Å²) in [5.41, 5.74) is -0.594. The van der Waals surface area contributed by atoms with Crippen molar-refractivity contribution in [1.29, 1.82) is 0 Å². The average molecular weight is 233 g/mol. The third kappa shape index (κ3) is 4.18. The van der Waals surface area contributed by atoms with E-state index < -0.39 is 9.33 Å². The minimum absolute atomic E-state index is 0.0621. The molecular formula is C8H16Cl3N. The molecule has 0 unspecified atom stereocenters. The van der Waals surface area contributed by atoms with E-state index in [0.717, 1.165) is 0 Å². The summed E-state index contributed by atoms with van der Waals surface area (Å²) in [6, 6.07) is 0. The van der Waals surface area contributed by atoms with Crippen molar-refractivity contribution < 1.29 is 0 Å². The van der Waals surface area contributed by atoms with E-state index in [9.17, 15) is 0 Å². The summed E-state index contributed by atoms with van der Waals surface area (Å²) in [5, 5.41) is 3.24. The first kappa shape index (κ1) is 12.8. The van der Waals surface area contributed by atoms with Gasteiger partial charge in [0.1, 0.15) is 0 Å². The normalized spacial score (nSPS) is 15.0. The van der Waals surface area contributed by atoms with Crippen LogP contribution in [0, 0.1) is 0 Å². The Morgan fingerprint density at radius 3 is 1.25 bits per heavy atom. The van der Waals surface area contributed by atoms with Crippen molar-refractivity contribution in [2.45, 2.75) is 49.5 Å². The minimum Gasteiger partial charge on any atom is -0.303 e. The van der Waals surface area contributed by atoms with Crippen LogP contribution < -0.4 is 5.32 Å². The summed E-state index contributed by atoms with van der Waals surface area (Å²) in [4.78, 5) is 0. The number of rotatable bonds is 1. The molecule has 0 rings (SSSR count). The topological polar surface area (TPSA) is 12.0 Å². The van der Waals surface area contributed by atoms with Crippen LogP contribution in [-0.2, 0) is 0 Å². The van der Waals surface area contributed by atoms with Crippen LogP contribution in [0.15, 0.2) is 0 Å². The lowest BCUT2D eigenvalue weighted by molar-refractivity contribution is 0.285. The Morgan fingerprint density at radius 2 is 1.17 bits per heavy atom. The van der Waals surface area contributed by atoms with E-state index in [1.807, 2.05) is 34.6 Å². The zero-order chi connectivity index (χ0) is 10.2. The first-order valence-electron chi connectivity index (χ1n) is 3.82. The lowest BCUT2D eigenvalue weighted by Gasteiger charge is -2.39. The van der Waals surface area contributed by atoms with Crippen LogP contribution in [0.1, 0.15) is 34.6 Å². The molecule has 0 heterocycles. The molecule has 1 N–H and O–H groups in total. The Kier molecular flexibility index (Phi) is 3.77. The molecule has 0 aliphatic rings. The number of alkyl halides is 3. The summed E-state index contributed by atoms with van der Waals surface area (Å²) >= 11 is 17.4. The maximum absolute atomic E-state index is 5.80. The quantitative estimate of drug-likeness (QED) is 0.682. The lowest BCUT2D eigenvalue weighted by Crippen LogP contribution is -2.57. The average Bonchev–Trinajstić information content (AvgIpc) is 1.52. The monoisotopic (exact) mass is 231 g/mol. The minimum atomic E-state index is -1.29. The van der Waals surface area contributed by atoms with Gasteiger partial charge in [-0.1, -0.05) is 34.8 Å². The van der Waals surface area contributed by atoms with Crippen LogP contribution in [0.4, 0.5) is 0 Å². The van der Waals surface area contributed by atoms with Gasteiger partial charge in [0.2, 0.25) is 3.79 Å². The van der Waals surface area contributed by atoms with Crippen LogP contribution in [0.3, 0.4) is 0 Å². The Labute approximate surface area is 89.8 Å². The maximum Gasteiger partial charge on any atom is 0.207 e. The third-order valence-corrected chi connectivity index (χ3v) is 2.81. The number of hydrogen-bond acceptors (Lipinski definition) is 1. The predicted molar refractivity (Wildman–Crippen MR) is 57.3 cm³/mol. The van der Waals surface area contributed by atoms with Crippen molar-refractivity contribution in [2.24, 2.45) is 0 Å². The number of hydrogen-bond donors (Lipinski definition) is 1. The molecule has 4 heteroatoms. The van der Waals surface area contributed by atoms with E-state index in [1.54, 1.807) is 0 Å². The molecule has 0 aliphatic heterocycles. The van der Waals surface area contributed by atoms with Crippen molar-refractivity contribution in [3.63, 3.8) is 0 Å². The second-order valence-electron chi connectivity index (χ2n) is 4.50. The zero-order valence-corrected chi connectivity index (χ0v) is 10.4. The van der Waals surface area contributed by atoms with Gasteiger partial charge in [0, 0.05) is 5.54 Å². The number of halogens is 3. The predicted octanol–water partition coefficient (Wildman–Crippen LogP) is 3.52. The van der Waals surface area contributed by atoms with E-state index in [1.165, 1.54) is 0 Å². The largest absolute Gasteiger partial charge is 0.303 e. The van der Waals surface area contributed by atoms with E-state index in [-0.39, 0.29) is 5.54 Å². The Hall–Kier alpha value is 0.830. The lowest BCUT2D eigenvalue weighted by atomic mass is 10.0. The molecule has 0 radical (unpaired) electrons. The SMILES string of the molecule is CC(C)(C)NC(C)(C)C(Cl)(Cl)Cl. The second-order valence-corrected chi connectivity index (χ2v) is 6.78. The molecular weight excluding hydrogens is 216 g/mol. The molecule has 12 heavy (non-hydrogen) atoms. The fourth-order valence-corrected chi connectivity index (χ4v) is 1.15. The molecule has 0 aromatic heterocycles. The Balaban J connectivity index is 4.44. The van der Waals surface area contributed by atoms with Gasteiger partial charge in [-0.25, -0.2) is 0 Å². The van der Waals surface area contributed by atoms with Gasteiger partial charge in [-0.3, -0.25) is 0 Å². The molecule has 0 spiro atoms. The first-order valence-corrected chi connectivity index (χ1v) is 4.95. The molecule has 0 aromatic carbocycles. The van der Waals surface area contributed by atoms with Crippen molar-refractivity contribution >= 4 is 34.8 Å². The molecule has 0 atom stereocenters. The molecule has 74 valence electrons. The zero-order valence-electron chi connectivity index (χ0n) is 8.13. The smallest absolute Gasteiger partial charge is 0.207 e. The molecule has 0 aromatic rings. The van der Waals surface area contributed by atoms with E-state index in [4.69, 9.17) is 34.8 Å². The number of nitrogens with one attached hydrogen (secondary N) is 1. The molecule has 0 saturated carbocycles. The highest BCUT2D eigenvalue weighted by molar-refractivity contribution is 6.68. The van der Waals surface area contributed by atoms with Gasteiger partial charge in [-0.05, 0) is 34.6 Å². The van der Waals surface area contributed by atoms with Gasteiger partial charge in [-0.2, -0.15) is 0 Å². The first-order chi connectivity index (χ1) is 4.96. The van der Waals surface area contributed by atoms with E-state index in [0.29, 0.717) is 0 Å². The third-order valence-electron chi connectivity index (χ3n) is 1.40.